The monoisotopic (exact) mass is 233 g/mol. The highest BCUT2D eigenvalue weighted by atomic mass is 16.5. The van der Waals surface area contributed by atoms with Crippen molar-refractivity contribution in [2.24, 2.45) is 0 Å². The number of hydrogen-bond acceptors (Lipinski definition) is 2. The maximum absolute atomic E-state index is 5.68. The third kappa shape index (κ3) is 6.12. The summed E-state index contributed by atoms with van der Waals surface area (Å²) in [5, 5.41) is 3.32. The van der Waals surface area contributed by atoms with Gasteiger partial charge in [-0.05, 0) is 45.4 Å². The lowest BCUT2D eigenvalue weighted by atomic mass is 10.1. The minimum absolute atomic E-state index is 0.510. The van der Waals surface area contributed by atoms with Gasteiger partial charge in [-0.3, -0.25) is 0 Å². The molecule has 2 heteroatoms. The van der Waals surface area contributed by atoms with Crippen molar-refractivity contribution in [2.75, 3.05) is 13.7 Å². The van der Waals surface area contributed by atoms with E-state index in [4.69, 9.17) is 4.74 Å². The van der Waals surface area contributed by atoms with Crippen molar-refractivity contribution >= 4 is 0 Å². The Labute approximate surface area is 105 Å². The average Bonchev–Trinajstić information content (AvgIpc) is 2.34. The topological polar surface area (TPSA) is 21.3 Å². The predicted molar refractivity (Wildman–Crippen MR) is 73.4 cm³/mol. The average molecular weight is 233 g/mol. The lowest BCUT2D eigenvalue weighted by Crippen LogP contribution is -2.27. The first-order chi connectivity index (χ1) is 8.22. The fourth-order valence-corrected chi connectivity index (χ4v) is 1.69. The summed E-state index contributed by atoms with van der Waals surface area (Å²) < 4.78 is 5.68. The molecular weight excluding hydrogens is 210 g/mol. The molecule has 0 amide bonds. The molecule has 1 unspecified atom stereocenters. The molecule has 0 spiro atoms. The maximum Gasteiger partial charge on any atom is 0.119 e. The second kappa shape index (κ2) is 7.91. The Bertz CT molecular complexity index is 321. The second-order valence-corrected chi connectivity index (χ2v) is 4.43. The molecule has 17 heavy (non-hydrogen) atoms. The molecule has 1 atom stereocenters. The minimum atomic E-state index is 0.510. The lowest BCUT2D eigenvalue weighted by Gasteiger charge is -2.16. The molecule has 0 saturated heterocycles. The fraction of sp³-hybridized carbons (Fsp3) is 0.467. The second-order valence-electron chi connectivity index (χ2n) is 4.43. The van der Waals surface area contributed by atoms with Crippen LogP contribution in [0.2, 0.25) is 0 Å². The van der Waals surface area contributed by atoms with Crippen LogP contribution in [0.25, 0.3) is 0 Å². The van der Waals surface area contributed by atoms with Crippen LogP contribution in [0.5, 0.6) is 5.75 Å². The standard InChI is InChI=1S/C15H23NO/c1-13(2)9-10-14(16-3)11-12-17-15-7-5-4-6-8-15/h4-8,14,16H,1,9-12H2,2-3H3. The Hall–Kier alpha value is -1.28. The van der Waals surface area contributed by atoms with E-state index >= 15 is 0 Å². The number of ether oxygens (including phenoxy) is 1. The molecule has 0 bridgehead atoms. The van der Waals surface area contributed by atoms with Crippen LogP contribution in [-0.4, -0.2) is 19.7 Å². The highest BCUT2D eigenvalue weighted by Crippen LogP contribution is 2.11. The number of para-hydroxylation sites is 1. The molecule has 1 N–H and O–H groups in total. The number of nitrogens with one attached hydrogen (secondary N) is 1. The number of rotatable bonds is 8. The van der Waals surface area contributed by atoms with E-state index in [1.165, 1.54) is 5.57 Å². The van der Waals surface area contributed by atoms with Crippen molar-refractivity contribution in [3.63, 3.8) is 0 Å². The molecule has 2 nitrogen and oxygen atoms in total. The summed E-state index contributed by atoms with van der Waals surface area (Å²) in [6.07, 6.45) is 3.24. The van der Waals surface area contributed by atoms with Crippen molar-refractivity contribution < 1.29 is 4.74 Å². The molecule has 0 saturated carbocycles. The van der Waals surface area contributed by atoms with Crippen LogP contribution < -0.4 is 10.1 Å². The van der Waals surface area contributed by atoms with Gasteiger partial charge >= 0.3 is 0 Å². The Morgan fingerprint density at radius 1 is 1.29 bits per heavy atom. The van der Waals surface area contributed by atoms with Gasteiger partial charge in [0.1, 0.15) is 5.75 Å². The van der Waals surface area contributed by atoms with Crippen LogP contribution >= 0.6 is 0 Å². The molecule has 1 aromatic carbocycles. The summed E-state index contributed by atoms with van der Waals surface area (Å²) in [4.78, 5) is 0. The molecule has 0 aliphatic carbocycles. The fourth-order valence-electron chi connectivity index (χ4n) is 1.69. The Morgan fingerprint density at radius 2 is 2.00 bits per heavy atom. The number of hydrogen-bond donors (Lipinski definition) is 1. The SMILES string of the molecule is C=C(C)CCC(CCOc1ccccc1)NC. The number of allylic oxidation sites excluding steroid dienone is 1. The Kier molecular flexibility index (Phi) is 6.41. The number of benzene rings is 1. The molecular formula is C15H23NO. The normalized spacial score (nSPS) is 12.1. The van der Waals surface area contributed by atoms with Gasteiger partial charge in [0.2, 0.25) is 0 Å². The van der Waals surface area contributed by atoms with Gasteiger partial charge in [-0.15, -0.1) is 6.58 Å². The highest BCUT2D eigenvalue weighted by molar-refractivity contribution is 5.20. The van der Waals surface area contributed by atoms with Gasteiger partial charge in [0.15, 0.2) is 0 Å². The van der Waals surface area contributed by atoms with Crippen molar-refractivity contribution in [3.05, 3.63) is 42.5 Å². The summed E-state index contributed by atoms with van der Waals surface area (Å²) >= 11 is 0. The molecule has 0 fully saturated rings. The van der Waals surface area contributed by atoms with Crippen LogP contribution in [-0.2, 0) is 0 Å². The van der Waals surface area contributed by atoms with E-state index in [0.717, 1.165) is 31.6 Å². The predicted octanol–water partition coefficient (Wildman–Crippen LogP) is 3.40. The van der Waals surface area contributed by atoms with Crippen molar-refractivity contribution in [1.82, 2.24) is 5.32 Å². The van der Waals surface area contributed by atoms with Crippen molar-refractivity contribution in [1.29, 1.82) is 0 Å². The first-order valence-electron chi connectivity index (χ1n) is 6.22. The van der Waals surface area contributed by atoms with Crippen molar-refractivity contribution in [2.45, 2.75) is 32.2 Å². The van der Waals surface area contributed by atoms with Gasteiger partial charge in [-0.1, -0.05) is 23.8 Å². The molecule has 0 aromatic heterocycles. The zero-order valence-corrected chi connectivity index (χ0v) is 10.9. The first kappa shape index (κ1) is 13.8. The van der Waals surface area contributed by atoms with E-state index in [9.17, 15) is 0 Å². The van der Waals surface area contributed by atoms with Crippen LogP contribution in [0, 0.1) is 0 Å². The first-order valence-corrected chi connectivity index (χ1v) is 6.22. The van der Waals surface area contributed by atoms with Gasteiger partial charge in [0.05, 0.1) is 6.61 Å². The van der Waals surface area contributed by atoms with E-state index in [1.54, 1.807) is 0 Å². The van der Waals surface area contributed by atoms with Crippen LogP contribution in [0.3, 0.4) is 0 Å². The quantitative estimate of drug-likeness (QED) is 0.695. The van der Waals surface area contributed by atoms with Gasteiger partial charge in [-0.25, -0.2) is 0 Å². The van der Waals surface area contributed by atoms with E-state index in [1.807, 2.05) is 37.4 Å². The maximum atomic E-state index is 5.68. The van der Waals surface area contributed by atoms with Crippen LogP contribution in [0.1, 0.15) is 26.2 Å². The molecule has 0 aliphatic rings. The van der Waals surface area contributed by atoms with Gasteiger partial charge in [0, 0.05) is 6.04 Å². The van der Waals surface area contributed by atoms with Crippen LogP contribution in [0.15, 0.2) is 42.5 Å². The summed E-state index contributed by atoms with van der Waals surface area (Å²) in [6.45, 7) is 6.76. The zero-order valence-electron chi connectivity index (χ0n) is 10.9. The summed E-state index contributed by atoms with van der Waals surface area (Å²) in [7, 11) is 2.01. The largest absolute Gasteiger partial charge is 0.494 e. The molecule has 0 heterocycles. The van der Waals surface area contributed by atoms with Crippen molar-refractivity contribution in [3.8, 4) is 5.75 Å². The van der Waals surface area contributed by atoms with Gasteiger partial charge in [0.25, 0.3) is 0 Å². The Morgan fingerprint density at radius 3 is 2.59 bits per heavy atom. The zero-order chi connectivity index (χ0) is 12.5. The van der Waals surface area contributed by atoms with Crippen LogP contribution in [0.4, 0.5) is 0 Å². The van der Waals surface area contributed by atoms with E-state index in [-0.39, 0.29) is 0 Å². The van der Waals surface area contributed by atoms with E-state index in [0.29, 0.717) is 6.04 Å². The molecule has 1 aromatic rings. The minimum Gasteiger partial charge on any atom is -0.494 e. The smallest absolute Gasteiger partial charge is 0.119 e. The summed E-state index contributed by atoms with van der Waals surface area (Å²) in [5.74, 6) is 0.947. The molecule has 0 aliphatic heterocycles. The third-order valence-electron chi connectivity index (χ3n) is 2.81. The van der Waals surface area contributed by atoms with Gasteiger partial charge in [-0.2, -0.15) is 0 Å². The third-order valence-corrected chi connectivity index (χ3v) is 2.81. The van der Waals surface area contributed by atoms with E-state index in [2.05, 4.69) is 18.8 Å². The molecule has 1 rings (SSSR count). The summed E-state index contributed by atoms with van der Waals surface area (Å²) in [5.41, 5.74) is 1.24. The molecule has 0 radical (unpaired) electrons. The summed E-state index contributed by atoms with van der Waals surface area (Å²) in [6, 6.07) is 10.5. The lowest BCUT2D eigenvalue weighted by molar-refractivity contribution is 0.285. The highest BCUT2D eigenvalue weighted by Gasteiger charge is 2.06. The Balaban J connectivity index is 2.21. The molecule has 94 valence electrons. The van der Waals surface area contributed by atoms with E-state index < -0.39 is 0 Å². The van der Waals surface area contributed by atoms with Gasteiger partial charge < -0.3 is 10.1 Å².